The highest BCUT2D eigenvalue weighted by molar-refractivity contribution is 5.93. The van der Waals surface area contributed by atoms with Gasteiger partial charge >= 0.3 is 5.97 Å². The topological polar surface area (TPSA) is 63.5 Å². The molecule has 5 nitrogen and oxygen atoms in total. The third kappa shape index (κ3) is 3.83. The summed E-state index contributed by atoms with van der Waals surface area (Å²) in [5, 5.41) is 14.0. The lowest BCUT2D eigenvalue weighted by Crippen LogP contribution is -2.21. The van der Waals surface area contributed by atoms with E-state index in [1.165, 1.54) is 5.56 Å². The molecule has 2 aromatic carbocycles. The molecule has 2 N–H and O–H groups in total. The summed E-state index contributed by atoms with van der Waals surface area (Å²) in [6.45, 7) is 2.19. The highest BCUT2D eigenvalue weighted by Gasteiger charge is 2.21. The molecule has 0 amide bonds. The van der Waals surface area contributed by atoms with E-state index in [1.54, 1.807) is 0 Å². The first-order valence-electron chi connectivity index (χ1n) is 9.43. The number of para-hydroxylation sites is 1. The first-order valence-corrected chi connectivity index (χ1v) is 9.43. The molecule has 27 heavy (non-hydrogen) atoms. The molecule has 0 spiro atoms. The van der Waals surface area contributed by atoms with Crippen LogP contribution < -0.4 is 5.32 Å². The second-order valence-corrected chi connectivity index (χ2v) is 7.00. The van der Waals surface area contributed by atoms with Crippen LogP contribution in [0.2, 0.25) is 0 Å². The van der Waals surface area contributed by atoms with Crippen LogP contribution in [-0.2, 0) is 22.5 Å². The first kappa shape index (κ1) is 17.6. The van der Waals surface area contributed by atoms with Crippen molar-refractivity contribution in [3.63, 3.8) is 0 Å². The predicted molar refractivity (Wildman–Crippen MR) is 106 cm³/mol. The van der Waals surface area contributed by atoms with Crippen LogP contribution in [0.5, 0.6) is 0 Å². The van der Waals surface area contributed by atoms with E-state index in [1.807, 2.05) is 36.4 Å². The molecule has 0 radical (unpaired) electrons. The summed E-state index contributed by atoms with van der Waals surface area (Å²) in [5.41, 5.74) is 3.07. The lowest BCUT2D eigenvalue weighted by Gasteiger charge is -2.17. The van der Waals surface area contributed by atoms with Gasteiger partial charge in [0.1, 0.15) is 5.82 Å². The maximum absolute atomic E-state index is 11.5. The Kier molecular flexibility index (Phi) is 5.12. The second-order valence-electron chi connectivity index (χ2n) is 7.00. The summed E-state index contributed by atoms with van der Waals surface area (Å²) in [6.07, 6.45) is 2.31. The number of aliphatic carboxylic acids is 1. The van der Waals surface area contributed by atoms with Crippen molar-refractivity contribution in [3.8, 4) is 0 Å². The van der Waals surface area contributed by atoms with Gasteiger partial charge in [0.05, 0.1) is 18.0 Å². The molecule has 140 valence electrons. The Morgan fingerprint density at radius 1 is 1.15 bits per heavy atom. The molecule has 0 saturated carbocycles. The van der Waals surface area contributed by atoms with Gasteiger partial charge < -0.3 is 19.7 Å². The number of nitrogens with zero attached hydrogens (tertiary/aromatic N) is 1. The zero-order valence-electron chi connectivity index (χ0n) is 15.2. The Balaban J connectivity index is 1.76. The van der Waals surface area contributed by atoms with E-state index in [-0.39, 0.29) is 12.5 Å². The van der Waals surface area contributed by atoms with E-state index in [0.29, 0.717) is 13.1 Å². The molecule has 1 aromatic heterocycles. The molecule has 1 aliphatic heterocycles. The lowest BCUT2D eigenvalue weighted by atomic mass is 10.1. The van der Waals surface area contributed by atoms with Gasteiger partial charge in [0.2, 0.25) is 0 Å². The molecule has 1 aliphatic rings. The fraction of sp³-hybridized carbons (Fsp3) is 0.318. The van der Waals surface area contributed by atoms with E-state index in [0.717, 1.165) is 41.7 Å². The van der Waals surface area contributed by atoms with Crippen LogP contribution in [0.25, 0.3) is 10.9 Å². The third-order valence-corrected chi connectivity index (χ3v) is 5.11. The van der Waals surface area contributed by atoms with Crippen LogP contribution >= 0.6 is 0 Å². The fourth-order valence-corrected chi connectivity index (χ4v) is 3.85. The molecular weight excluding hydrogens is 340 g/mol. The number of fused-ring (bicyclic) bond motifs is 1. The van der Waals surface area contributed by atoms with Gasteiger partial charge in [-0.1, -0.05) is 48.5 Å². The minimum absolute atomic E-state index is 0.00381. The molecule has 4 rings (SSSR count). The quantitative estimate of drug-likeness (QED) is 0.667. The number of carboxylic acids is 1. The van der Waals surface area contributed by atoms with E-state index < -0.39 is 5.97 Å². The molecule has 1 saturated heterocycles. The van der Waals surface area contributed by atoms with Gasteiger partial charge in [-0.05, 0) is 24.5 Å². The number of carbonyl (C=O) groups is 1. The van der Waals surface area contributed by atoms with E-state index in [2.05, 4.69) is 28.1 Å². The maximum atomic E-state index is 11.5. The Morgan fingerprint density at radius 2 is 1.93 bits per heavy atom. The maximum Gasteiger partial charge on any atom is 0.307 e. The minimum atomic E-state index is -0.821. The number of ether oxygens (including phenoxy) is 1. The van der Waals surface area contributed by atoms with Gasteiger partial charge in [-0.25, -0.2) is 0 Å². The minimum Gasteiger partial charge on any atom is -0.481 e. The van der Waals surface area contributed by atoms with E-state index in [9.17, 15) is 9.90 Å². The van der Waals surface area contributed by atoms with Crippen molar-refractivity contribution in [1.82, 2.24) is 4.57 Å². The van der Waals surface area contributed by atoms with Crippen molar-refractivity contribution in [2.24, 2.45) is 0 Å². The highest BCUT2D eigenvalue weighted by Crippen LogP contribution is 2.32. The molecule has 0 aliphatic carbocycles. The zero-order valence-corrected chi connectivity index (χ0v) is 15.2. The molecule has 1 fully saturated rings. The largest absolute Gasteiger partial charge is 0.481 e. The van der Waals surface area contributed by atoms with E-state index in [4.69, 9.17) is 4.74 Å². The highest BCUT2D eigenvalue weighted by atomic mass is 16.5. The fourth-order valence-electron chi connectivity index (χ4n) is 3.85. The average molecular weight is 364 g/mol. The Bertz CT molecular complexity index is 927. The van der Waals surface area contributed by atoms with Gasteiger partial charge in [0, 0.05) is 30.6 Å². The summed E-state index contributed by atoms with van der Waals surface area (Å²) in [7, 11) is 0. The first-order chi connectivity index (χ1) is 13.2. The molecule has 0 bridgehead atoms. The smallest absolute Gasteiger partial charge is 0.307 e. The Labute approximate surface area is 158 Å². The van der Waals surface area contributed by atoms with Crippen LogP contribution in [0.3, 0.4) is 0 Å². The summed E-state index contributed by atoms with van der Waals surface area (Å²) in [5.74, 6) is 0.0655. The number of anilines is 1. The standard InChI is InChI=1S/C22H24N2O3/c25-21(26)13-19-18-10-4-5-11-20(18)24(15-16-7-2-1-3-8-16)22(19)23-14-17-9-6-12-27-17/h1-5,7-8,10-11,17,23H,6,9,12-15H2,(H,25,26). The number of aromatic nitrogens is 1. The van der Waals surface area contributed by atoms with Crippen LogP contribution in [-0.4, -0.2) is 34.9 Å². The summed E-state index contributed by atoms with van der Waals surface area (Å²) in [4.78, 5) is 11.5. The van der Waals surface area contributed by atoms with Crippen molar-refractivity contribution in [2.45, 2.75) is 31.9 Å². The normalized spacial score (nSPS) is 16.7. The molecule has 2 heterocycles. The van der Waals surface area contributed by atoms with Crippen LogP contribution in [0.1, 0.15) is 24.0 Å². The van der Waals surface area contributed by atoms with E-state index >= 15 is 0 Å². The molecule has 3 aromatic rings. The van der Waals surface area contributed by atoms with Gasteiger partial charge in [-0.15, -0.1) is 0 Å². The van der Waals surface area contributed by atoms with Gasteiger partial charge in [-0.3, -0.25) is 4.79 Å². The average Bonchev–Trinajstić information content (AvgIpc) is 3.29. The number of rotatable bonds is 7. The Hall–Kier alpha value is -2.79. The zero-order chi connectivity index (χ0) is 18.6. The lowest BCUT2D eigenvalue weighted by molar-refractivity contribution is -0.136. The van der Waals surface area contributed by atoms with Gasteiger partial charge in [0.25, 0.3) is 0 Å². The number of carboxylic acid groups (broad SMARTS) is 1. The third-order valence-electron chi connectivity index (χ3n) is 5.11. The van der Waals surface area contributed by atoms with Crippen LogP contribution in [0, 0.1) is 0 Å². The number of hydrogen-bond acceptors (Lipinski definition) is 3. The Morgan fingerprint density at radius 3 is 2.67 bits per heavy atom. The molecular formula is C22H24N2O3. The van der Waals surface area contributed by atoms with Gasteiger partial charge in [0.15, 0.2) is 0 Å². The number of hydrogen-bond donors (Lipinski definition) is 2. The van der Waals surface area contributed by atoms with Crippen LogP contribution in [0.4, 0.5) is 5.82 Å². The summed E-state index contributed by atoms with van der Waals surface area (Å²) in [6, 6.07) is 18.3. The number of nitrogens with one attached hydrogen (secondary N) is 1. The predicted octanol–water partition coefficient (Wildman–Crippen LogP) is 3.91. The molecule has 5 heteroatoms. The number of benzene rings is 2. The summed E-state index contributed by atoms with van der Waals surface area (Å²) < 4.78 is 7.93. The van der Waals surface area contributed by atoms with Crippen LogP contribution in [0.15, 0.2) is 54.6 Å². The molecule has 1 unspecified atom stereocenters. The van der Waals surface area contributed by atoms with Crippen molar-refractivity contribution in [2.75, 3.05) is 18.5 Å². The van der Waals surface area contributed by atoms with Crippen molar-refractivity contribution >= 4 is 22.7 Å². The summed E-state index contributed by atoms with van der Waals surface area (Å²) >= 11 is 0. The van der Waals surface area contributed by atoms with Crippen molar-refractivity contribution in [1.29, 1.82) is 0 Å². The monoisotopic (exact) mass is 364 g/mol. The SMILES string of the molecule is O=C(O)Cc1c(NCC2CCCO2)n(Cc2ccccc2)c2ccccc12. The van der Waals surface area contributed by atoms with Gasteiger partial charge in [-0.2, -0.15) is 0 Å². The second kappa shape index (κ2) is 7.84. The van der Waals surface area contributed by atoms with Crippen molar-refractivity contribution in [3.05, 3.63) is 65.7 Å². The van der Waals surface area contributed by atoms with Crippen molar-refractivity contribution < 1.29 is 14.6 Å². The molecule has 1 atom stereocenters.